The number of hydrogen-bond donors (Lipinski definition) is 1. The van der Waals surface area contributed by atoms with E-state index in [1.54, 1.807) is 19.3 Å². The van der Waals surface area contributed by atoms with Crippen molar-refractivity contribution in [2.75, 3.05) is 13.7 Å². The van der Waals surface area contributed by atoms with E-state index in [1.165, 1.54) is 0 Å². The van der Waals surface area contributed by atoms with Gasteiger partial charge in [0.05, 0.1) is 19.8 Å². The first-order chi connectivity index (χ1) is 12.1. The molecule has 0 fully saturated rings. The summed E-state index contributed by atoms with van der Waals surface area (Å²) in [5.74, 6) is 1.43. The Bertz CT molecular complexity index is 817. The molecule has 2 aromatic rings. The first-order valence-electron chi connectivity index (χ1n) is 8.12. The minimum atomic E-state index is -0.138. The molecule has 1 N–H and O–H groups in total. The quantitative estimate of drug-likeness (QED) is 0.771. The summed E-state index contributed by atoms with van der Waals surface area (Å²) >= 11 is 3.47. The molecule has 5 heteroatoms. The third-order valence-electron chi connectivity index (χ3n) is 4.13. The van der Waals surface area contributed by atoms with E-state index in [1.807, 2.05) is 43.3 Å². The molecule has 0 spiro atoms. The van der Waals surface area contributed by atoms with Crippen molar-refractivity contribution in [3.8, 4) is 11.5 Å². The van der Waals surface area contributed by atoms with Crippen molar-refractivity contribution in [3.05, 3.63) is 63.6 Å². The number of amides is 1. The molecule has 1 aliphatic rings. The maximum atomic E-state index is 12.4. The van der Waals surface area contributed by atoms with Gasteiger partial charge in [0, 0.05) is 28.1 Å². The summed E-state index contributed by atoms with van der Waals surface area (Å²) in [6.45, 7) is 2.60. The third kappa shape index (κ3) is 4.23. The molecule has 1 heterocycles. The molecule has 0 saturated carbocycles. The zero-order chi connectivity index (χ0) is 17.8. The van der Waals surface area contributed by atoms with Crippen molar-refractivity contribution in [2.24, 2.45) is 0 Å². The average molecular weight is 402 g/mol. The fourth-order valence-corrected chi connectivity index (χ4v) is 3.26. The molecule has 130 valence electrons. The van der Waals surface area contributed by atoms with Crippen LogP contribution in [-0.4, -0.2) is 19.6 Å². The summed E-state index contributed by atoms with van der Waals surface area (Å²) in [7, 11) is 1.62. The summed E-state index contributed by atoms with van der Waals surface area (Å²) in [5.41, 5.74) is 2.99. The molecule has 4 nitrogen and oxygen atoms in total. The number of rotatable bonds is 4. The van der Waals surface area contributed by atoms with E-state index in [2.05, 4.69) is 21.2 Å². The van der Waals surface area contributed by atoms with Gasteiger partial charge >= 0.3 is 0 Å². The van der Waals surface area contributed by atoms with Crippen LogP contribution in [0, 0.1) is 6.92 Å². The lowest BCUT2D eigenvalue weighted by atomic mass is 10.0. The third-order valence-corrected chi connectivity index (χ3v) is 4.62. The van der Waals surface area contributed by atoms with Crippen LogP contribution in [0.5, 0.6) is 11.5 Å². The number of hydrogen-bond acceptors (Lipinski definition) is 3. The topological polar surface area (TPSA) is 47.6 Å². The number of nitrogens with one attached hydrogen (secondary N) is 1. The Morgan fingerprint density at radius 3 is 2.96 bits per heavy atom. The number of carbonyl (C=O) groups is 1. The van der Waals surface area contributed by atoms with Crippen molar-refractivity contribution in [1.82, 2.24) is 5.32 Å². The van der Waals surface area contributed by atoms with Crippen LogP contribution in [0.2, 0.25) is 0 Å². The number of fused-ring (bicyclic) bond motifs is 1. The highest BCUT2D eigenvalue weighted by Crippen LogP contribution is 2.34. The van der Waals surface area contributed by atoms with Gasteiger partial charge in [-0.15, -0.1) is 0 Å². The molecular weight excluding hydrogens is 382 g/mol. The van der Waals surface area contributed by atoms with Crippen molar-refractivity contribution in [3.63, 3.8) is 0 Å². The first-order valence-corrected chi connectivity index (χ1v) is 8.91. The van der Waals surface area contributed by atoms with Gasteiger partial charge in [-0.3, -0.25) is 4.79 Å². The fraction of sp³-hybridized carbons (Fsp3) is 0.250. The van der Waals surface area contributed by atoms with Crippen LogP contribution in [0.4, 0.5) is 0 Å². The van der Waals surface area contributed by atoms with Gasteiger partial charge in [0.2, 0.25) is 5.91 Å². The van der Waals surface area contributed by atoms with Crippen LogP contribution in [-0.2, 0) is 4.79 Å². The van der Waals surface area contributed by atoms with Crippen LogP contribution in [0.3, 0.4) is 0 Å². The first kappa shape index (κ1) is 17.5. The lowest BCUT2D eigenvalue weighted by Crippen LogP contribution is -2.31. The van der Waals surface area contributed by atoms with Crippen molar-refractivity contribution in [1.29, 1.82) is 0 Å². The van der Waals surface area contributed by atoms with E-state index in [-0.39, 0.29) is 11.9 Å². The van der Waals surface area contributed by atoms with Crippen LogP contribution in [0.15, 0.2) is 46.9 Å². The van der Waals surface area contributed by atoms with E-state index >= 15 is 0 Å². The Kier molecular flexibility index (Phi) is 5.43. The standard InChI is InChI=1S/C20H20BrNO3/c1-13-3-6-18(24-2)14(11-13)4-8-20(23)22-17-9-10-25-19-7-5-15(21)12-16(17)19/h3-8,11-12,17H,9-10H2,1-2H3,(H,22,23)/b8-4+. The zero-order valence-corrected chi connectivity index (χ0v) is 15.8. The summed E-state index contributed by atoms with van der Waals surface area (Å²) in [5, 5.41) is 3.06. The molecule has 0 bridgehead atoms. The Morgan fingerprint density at radius 1 is 1.32 bits per heavy atom. The second kappa shape index (κ2) is 7.74. The Labute approximate surface area is 156 Å². The Balaban J connectivity index is 1.74. The number of halogens is 1. The van der Waals surface area contributed by atoms with Gasteiger partial charge in [0.25, 0.3) is 0 Å². The van der Waals surface area contributed by atoms with Crippen molar-refractivity contribution >= 4 is 27.9 Å². The van der Waals surface area contributed by atoms with Gasteiger partial charge < -0.3 is 14.8 Å². The molecular formula is C20H20BrNO3. The van der Waals surface area contributed by atoms with Crippen molar-refractivity contribution < 1.29 is 14.3 Å². The number of methoxy groups -OCH3 is 1. The summed E-state index contributed by atoms with van der Waals surface area (Å²) in [4.78, 5) is 12.4. The van der Waals surface area contributed by atoms with Gasteiger partial charge in [-0.05, 0) is 43.3 Å². The second-order valence-electron chi connectivity index (χ2n) is 5.96. The monoisotopic (exact) mass is 401 g/mol. The highest BCUT2D eigenvalue weighted by Gasteiger charge is 2.22. The molecule has 1 unspecified atom stereocenters. The van der Waals surface area contributed by atoms with Crippen LogP contribution < -0.4 is 14.8 Å². The molecule has 0 aromatic heterocycles. The predicted molar refractivity (Wildman–Crippen MR) is 102 cm³/mol. The molecule has 1 amide bonds. The average Bonchev–Trinajstić information content (AvgIpc) is 2.60. The largest absolute Gasteiger partial charge is 0.496 e. The second-order valence-corrected chi connectivity index (χ2v) is 6.87. The summed E-state index contributed by atoms with van der Waals surface area (Å²) in [6.07, 6.45) is 4.07. The molecule has 1 aliphatic heterocycles. The van der Waals surface area contributed by atoms with E-state index in [4.69, 9.17) is 9.47 Å². The van der Waals surface area contributed by atoms with E-state index in [0.717, 1.165) is 39.1 Å². The highest BCUT2D eigenvalue weighted by atomic mass is 79.9. The molecule has 0 radical (unpaired) electrons. The van der Waals surface area contributed by atoms with E-state index in [0.29, 0.717) is 6.61 Å². The van der Waals surface area contributed by atoms with E-state index < -0.39 is 0 Å². The maximum absolute atomic E-state index is 12.4. The Hall–Kier alpha value is -2.27. The van der Waals surface area contributed by atoms with Gasteiger partial charge in [-0.2, -0.15) is 0 Å². The number of ether oxygens (including phenoxy) is 2. The fourth-order valence-electron chi connectivity index (χ4n) is 2.88. The number of benzene rings is 2. The van der Waals surface area contributed by atoms with Crippen LogP contribution >= 0.6 is 15.9 Å². The Morgan fingerprint density at radius 2 is 2.16 bits per heavy atom. The normalized spacial score (nSPS) is 16.2. The SMILES string of the molecule is COc1ccc(C)cc1/C=C/C(=O)NC1CCOc2ccc(Br)cc21. The molecule has 0 saturated heterocycles. The molecule has 0 aliphatic carbocycles. The smallest absolute Gasteiger partial charge is 0.244 e. The van der Waals surface area contributed by atoms with Crippen molar-refractivity contribution in [2.45, 2.75) is 19.4 Å². The summed E-state index contributed by atoms with van der Waals surface area (Å²) in [6, 6.07) is 11.7. The summed E-state index contributed by atoms with van der Waals surface area (Å²) < 4.78 is 12.0. The van der Waals surface area contributed by atoms with E-state index in [9.17, 15) is 4.79 Å². The number of carbonyl (C=O) groups excluding carboxylic acids is 1. The van der Waals surface area contributed by atoms with Gasteiger partial charge in [0.1, 0.15) is 11.5 Å². The molecule has 3 rings (SSSR count). The minimum absolute atomic E-state index is 0.0576. The minimum Gasteiger partial charge on any atom is -0.496 e. The molecule has 1 atom stereocenters. The van der Waals surface area contributed by atoms with Crippen LogP contribution in [0.25, 0.3) is 6.08 Å². The van der Waals surface area contributed by atoms with Crippen LogP contribution in [0.1, 0.15) is 29.2 Å². The van der Waals surface area contributed by atoms with Gasteiger partial charge in [-0.25, -0.2) is 0 Å². The highest BCUT2D eigenvalue weighted by molar-refractivity contribution is 9.10. The molecule has 2 aromatic carbocycles. The molecule has 25 heavy (non-hydrogen) atoms. The maximum Gasteiger partial charge on any atom is 0.244 e. The van der Waals surface area contributed by atoms with Gasteiger partial charge in [-0.1, -0.05) is 27.6 Å². The van der Waals surface area contributed by atoms with Gasteiger partial charge in [0.15, 0.2) is 0 Å². The zero-order valence-electron chi connectivity index (χ0n) is 14.2. The predicted octanol–water partition coefficient (Wildman–Crippen LogP) is 4.42. The lowest BCUT2D eigenvalue weighted by Gasteiger charge is -2.26. The number of aryl methyl sites for hydroxylation is 1. The lowest BCUT2D eigenvalue weighted by molar-refractivity contribution is -0.117.